The van der Waals surface area contributed by atoms with Crippen molar-refractivity contribution in [1.82, 2.24) is 6.15 Å². The lowest BCUT2D eigenvalue weighted by Crippen LogP contribution is -2.04. The summed E-state index contributed by atoms with van der Waals surface area (Å²) in [7, 11) is 0. The van der Waals surface area contributed by atoms with Crippen molar-refractivity contribution in [2.24, 2.45) is 0 Å². The van der Waals surface area contributed by atoms with Gasteiger partial charge >= 0.3 is 11.4 Å². The van der Waals surface area contributed by atoms with Crippen LogP contribution in [0.5, 0.6) is 11.5 Å². The molecule has 0 heterocycles. The van der Waals surface area contributed by atoms with Crippen molar-refractivity contribution in [3.63, 3.8) is 0 Å². The summed E-state index contributed by atoms with van der Waals surface area (Å²) in [4.78, 5) is 27.1. The number of quaternary nitrogens is 1. The number of nitro benzene ring substituents is 3. The number of benzene rings is 1. The smallest absolute Gasteiger partial charge is 0.324 e. The Morgan fingerprint density at radius 1 is 0.944 bits per heavy atom. The molecule has 5 N–H and O–H groups in total. The highest BCUT2D eigenvalue weighted by molar-refractivity contribution is 5.73. The summed E-state index contributed by atoms with van der Waals surface area (Å²) in [5.74, 6) is -3.20. The Morgan fingerprint density at radius 3 is 1.72 bits per heavy atom. The molecule has 0 saturated heterocycles. The quantitative estimate of drug-likeness (QED) is 0.578. The van der Waals surface area contributed by atoms with E-state index in [-0.39, 0.29) is 12.2 Å². The molecule has 0 atom stereocenters. The molecule has 0 bridgehead atoms. The molecule has 0 aliphatic rings. The highest BCUT2D eigenvalue weighted by Crippen LogP contribution is 2.46. The number of aromatic hydroxyl groups is 1. The minimum absolute atomic E-state index is 0. The van der Waals surface area contributed by atoms with Crippen LogP contribution in [0.15, 0.2) is 6.07 Å². The van der Waals surface area contributed by atoms with Gasteiger partial charge in [-0.3, -0.25) is 30.3 Å². The molecule has 1 rings (SSSR count). The average molecular weight is 262 g/mol. The number of nitro groups is 3. The molecule has 1 aromatic rings. The first kappa shape index (κ1) is 15.0. The first-order chi connectivity index (χ1) is 7.77. The second kappa shape index (κ2) is 4.88. The fourth-order valence-electron chi connectivity index (χ4n) is 1.06. The number of phenols is 1. The predicted molar refractivity (Wildman–Crippen MR) is 53.5 cm³/mol. The van der Waals surface area contributed by atoms with Gasteiger partial charge in [-0.25, -0.2) is 0 Å². The lowest BCUT2D eigenvalue weighted by Gasteiger charge is -2.08. The number of phenolic OH excluding ortho intramolecular Hbond substituents is 1. The van der Waals surface area contributed by atoms with E-state index in [0.717, 1.165) is 0 Å². The second-order valence-electron chi connectivity index (χ2n) is 2.71. The number of hydrogen-bond donors (Lipinski definition) is 2. The van der Waals surface area contributed by atoms with Gasteiger partial charge in [0.15, 0.2) is 0 Å². The molecular weight excluding hydrogens is 256 g/mol. The van der Waals surface area contributed by atoms with Crippen molar-refractivity contribution in [1.29, 1.82) is 0 Å². The molecule has 0 spiro atoms. The summed E-state index contributed by atoms with van der Waals surface area (Å²) in [6.45, 7) is 0. The van der Waals surface area contributed by atoms with Crippen molar-refractivity contribution < 1.29 is 25.0 Å². The van der Waals surface area contributed by atoms with Gasteiger partial charge in [0.25, 0.3) is 11.4 Å². The predicted octanol–water partition coefficient (Wildman–Crippen LogP) is 0.567. The third-order valence-corrected chi connectivity index (χ3v) is 1.76. The van der Waals surface area contributed by atoms with Crippen molar-refractivity contribution in [2.75, 3.05) is 0 Å². The molecule has 12 nitrogen and oxygen atoms in total. The van der Waals surface area contributed by atoms with E-state index in [0.29, 0.717) is 0 Å². The Hall–Kier alpha value is -3.02. The zero-order valence-corrected chi connectivity index (χ0v) is 8.72. The summed E-state index contributed by atoms with van der Waals surface area (Å²) in [6.07, 6.45) is 0. The van der Waals surface area contributed by atoms with Crippen LogP contribution >= 0.6 is 0 Å². The number of nitrogens with zero attached hydrogens (tertiary/aromatic N) is 3. The van der Waals surface area contributed by atoms with Gasteiger partial charge in [-0.05, 0) is 0 Å². The summed E-state index contributed by atoms with van der Waals surface area (Å²) in [6, 6.07) is 0.171. The Balaban J connectivity index is 0.00000289. The monoisotopic (exact) mass is 262 g/mol. The van der Waals surface area contributed by atoms with Gasteiger partial charge in [-0.2, -0.15) is 0 Å². The van der Waals surface area contributed by atoms with Crippen LogP contribution in [-0.2, 0) is 0 Å². The van der Waals surface area contributed by atoms with E-state index in [9.17, 15) is 35.4 Å². The van der Waals surface area contributed by atoms with Crippen LogP contribution in [0.4, 0.5) is 17.1 Å². The minimum atomic E-state index is -1.69. The van der Waals surface area contributed by atoms with Crippen molar-refractivity contribution >= 4 is 17.1 Å². The maximum Gasteiger partial charge on any atom is 0.324 e. The van der Waals surface area contributed by atoms with Crippen molar-refractivity contribution in [3.8, 4) is 11.5 Å². The Kier molecular flexibility index (Phi) is 4.06. The highest BCUT2D eigenvalue weighted by atomic mass is 16.6. The maximum absolute atomic E-state index is 11.2. The van der Waals surface area contributed by atoms with E-state index in [1.54, 1.807) is 0 Å². The van der Waals surface area contributed by atoms with Crippen LogP contribution in [-0.4, -0.2) is 19.9 Å². The minimum Gasteiger partial charge on any atom is -0.863 e. The van der Waals surface area contributed by atoms with Crippen molar-refractivity contribution in [2.45, 2.75) is 0 Å². The van der Waals surface area contributed by atoms with Crippen molar-refractivity contribution in [3.05, 3.63) is 36.4 Å². The van der Waals surface area contributed by atoms with E-state index in [1.165, 1.54) is 0 Å². The summed E-state index contributed by atoms with van der Waals surface area (Å²) >= 11 is 0. The van der Waals surface area contributed by atoms with E-state index in [1.807, 2.05) is 0 Å². The van der Waals surface area contributed by atoms with Gasteiger partial charge in [0.2, 0.25) is 0 Å². The van der Waals surface area contributed by atoms with Gasteiger partial charge < -0.3 is 16.4 Å². The molecule has 12 heteroatoms. The molecule has 18 heavy (non-hydrogen) atoms. The number of hydrogen-bond acceptors (Lipinski definition) is 8. The highest BCUT2D eigenvalue weighted by Gasteiger charge is 2.32. The fourth-order valence-corrected chi connectivity index (χ4v) is 1.06. The maximum atomic E-state index is 11.2. The van der Waals surface area contributed by atoms with Gasteiger partial charge in [0.1, 0.15) is 0 Å². The lowest BCUT2D eigenvalue weighted by atomic mass is 10.2. The molecule has 0 amide bonds. The Labute approximate surface area is 97.1 Å². The van der Waals surface area contributed by atoms with Gasteiger partial charge in [0.05, 0.1) is 26.6 Å². The molecule has 1 aromatic carbocycles. The molecule has 98 valence electrons. The molecule has 0 aliphatic heterocycles. The van der Waals surface area contributed by atoms with E-state index in [4.69, 9.17) is 5.11 Å². The topological polar surface area (TPSA) is 209 Å². The van der Waals surface area contributed by atoms with Gasteiger partial charge in [-0.1, -0.05) is 0 Å². The largest absolute Gasteiger partial charge is 0.863 e. The third kappa shape index (κ3) is 2.22. The zero-order valence-electron chi connectivity index (χ0n) is 8.72. The molecular formula is C6H6N4O8. The summed E-state index contributed by atoms with van der Waals surface area (Å²) in [5.41, 5.74) is -4.21. The van der Waals surface area contributed by atoms with Gasteiger partial charge in [0, 0.05) is 0 Å². The lowest BCUT2D eigenvalue weighted by molar-refractivity contribution is -0.421. The van der Waals surface area contributed by atoms with Crippen LogP contribution in [0.1, 0.15) is 0 Å². The zero-order chi connectivity index (χ0) is 13.3. The molecule has 0 aliphatic carbocycles. The molecule has 0 aromatic heterocycles. The van der Waals surface area contributed by atoms with Gasteiger partial charge in [-0.15, -0.1) is 0 Å². The Bertz CT molecular complexity index is 503. The average Bonchev–Trinajstić information content (AvgIpc) is 2.15. The molecule has 0 saturated carbocycles. The van der Waals surface area contributed by atoms with Crippen LogP contribution in [0, 0.1) is 30.3 Å². The first-order valence-corrected chi connectivity index (χ1v) is 3.77. The van der Waals surface area contributed by atoms with E-state index < -0.39 is 43.3 Å². The number of rotatable bonds is 3. The van der Waals surface area contributed by atoms with E-state index >= 15 is 0 Å². The second-order valence-corrected chi connectivity index (χ2v) is 2.71. The van der Waals surface area contributed by atoms with Crippen LogP contribution in [0.2, 0.25) is 0 Å². The summed E-state index contributed by atoms with van der Waals surface area (Å²) < 4.78 is 0. The normalized spacial score (nSPS) is 9.33. The molecule has 0 unspecified atom stereocenters. The van der Waals surface area contributed by atoms with Crippen LogP contribution < -0.4 is 11.3 Å². The summed E-state index contributed by atoms with van der Waals surface area (Å²) in [5, 5.41) is 51.4. The fraction of sp³-hybridized carbons (Fsp3) is 0. The SMILES string of the molecule is O=[N+]([O-])c1cc([N+](=O)[O-])c(O)c([N+](=O)[O-])c1[O-].[NH4+]. The molecule has 0 radical (unpaired) electrons. The third-order valence-electron chi connectivity index (χ3n) is 1.76. The van der Waals surface area contributed by atoms with E-state index in [2.05, 4.69) is 0 Å². The first-order valence-electron chi connectivity index (χ1n) is 3.77. The van der Waals surface area contributed by atoms with Crippen LogP contribution in [0.3, 0.4) is 0 Å². The molecule has 0 fully saturated rings. The van der Waals surface area contributed by atoms with Crippen LogP contribution in [0.25, 0.3) is 0 Å². The standard InChI is InChI=1S/C6H3N3O8.H3N/c10-5-2(7(12)13)1-3(8(14)15)6(11)4(5)9(16)17;/h1,10-11H;1H3. The Morgan fingerprint density at radius 2 is 1.39 bits per heavy atom.